The molecule has 0 aliphatic heterocycles. The maximum atomic E-state index is 6.03. The Morgan fingerprint density at radius 2 is 2.29 bits per heavy atom. The summed E-state index contributed by atoms with van der Waals surface area (Å²) in [7, 11) is 1.88. The lowest BCUT2D eigenvalue weighted by Gasteiger charge is -2.14. The van der Waals surface area contributed by atoms with Gasteiger partial charge in [-0.1, -0.05) is 11.6 Å². The van der Waals surface area contributed by atoms with Crippen LogP contribution in [0.1, 0.15) is 18.8 Å². The molecule has 0 saturated heterocycles. The molecule has 0 spiro atoms. The lowest BCUT2D eigenvalue weighted by molar-refractivity contribution is 0.716. The molecule has 2 heterocycles. The highest BCUT2D eigenvalue weighted by atomic mass is 35.5. The van der Waals surface area contributed by atoms with Gasteiger partial charge in [0.2, 0.25) is 0 Å². The molecule has 0 aliphatic rings. The zero-order chi connectivity index (χ0) is 12.4. The fourth-order valence-corrected chi connectivity index (χ4v) is 1.74. The van der Waals surface area contributed by atoms with Gasteiger partial charge in [-0.2, -0.15) is 0 Å². The van der Waals surface area contributed by atoms with Crippen molar-refractivity contribution >= 4 is 23.1 Å². The van der Waals surface area contributed by atoms with Crippen molar-refractivity contribution in [3.05, 3.63) is 29.4 Å². The van der Waals surface area contributed by atoms with Gasteiger partial charge < -0.3 is 15.6 Å². The van der Waals surface area contributed by atoms with Gasteiger partial charge in [0.15, 0.2) is 5.82 Å². The van der Waals surface area contributed by atoms with Crippen LogP contribution in [0.5, 0.6) is 0 Å². The molecule has 1 unspecified atom stereocenters. The number of nitrogens with one attached hydrogen (secondary N) is 1. The Labute approximate surface area is 104 Å². The monoisotopic (exact) mass is 252 g/mol. The van der Waals surface area contributed by atoms with Crippen LogP contribution in [0.2, 0.25) is 5.02 Å². The van der Waals surface area contributed by atoms with E-state index in [0.29, 0.717) is 16.5 Å². The van der Waals surface area contributed by atoms with E-state index in [4.69, 9.17) is 17.3 Å². The minimum Gasteiger partial charge on any atom is -0.397 e. The number of aromatic nitrogens is 4. The molecule has 2 aromatic rings. The number of pyridine rings is 1. The lowest BCUT2D eigenvalue weighted by Crippen LogP contribution is -2.13. The number of anilines is 2. The molecule has 17 heavy (non-hydrogen) atoms. The van der Waals surface area contributed by atoms with Crippen LogP contribution in [0.25, 0.3) is 0 Å². The molecule has 0 bridgehead atoms. The Balaban J connectivity index is 2.19. The van der Waals surface area contributed by atoms with Gasteiger partial charge in [-0.25, -0.2) is 4.98 Å². The molecular weight excluding hydrogens is 240 g/mol. The Hall–Kier alpha value is -1.82. The number of hydrogen-bond donors (Lipinski definition) is 2. The fraction of sp³-hybridized carbons (Fsp3) is 0.300. The number of halogens is 1. The number of nitrogens with zero attached hydrogens (tertiary/aromatic N) is 4. The average Bonchev–Trinajstić information content (AvgIpc) is 2.68. The molecule has 0 aliphatic carbocycles. The van der Waals surface area contributed by atoms with Crippen LogP contribution in [0.3, 0.4) is 0 Å². The summed E-state index contributed by atoms with van der Waals surface area (Å²) in [6.07, 6.45) is 3.20. The Kier molecular flexibility index (Phi) is 3.14. The van der Waals surface area contributed by atoms with Crippen molar-refractivity contribution in [2.75, 3.05) is 11.1 Å². The van der Waals surface area contributed by atoms with E-state index in [-0.39, 0.29) is 6.04 Å². The van der Waals surface area contributed by atoms with Gasteiger partial charge >= 0.3 is 0 Å². The number of rotatable bonds is 3. The van der Waals surface area contributed by atoms with Crippen LogP contribution in [-0.2, 0) is 7.05 Å². The zero-order valence-electron chi connectivity index (χ0n) is 9.55. The number of hydrogen-bond acceptors (Lipinski definition) is 5. The lowest BCUT2D eigenvalue weighted by atomic mass is 10.3. The second-order valence-corrected chi connectivity index (χ2v) is 4.17. The average molecular weight is 253 g/mol. The first kappa shape index (κ1) is 11.7. The minimum atomic E-state index is -0.0453. The largest absolute Gasteiger partial charge is 0.397 e. The van der Waals surface area contributed by atoms with Crippen molar-refractivity contribution < 1.29 is 0 Å². The van der Waals surface area contributed by atoms with Crippen molar-refractivity contribution in [3.8, 4) is 0 Å². The molecule has 2 aromatic heterocycles. The first-order valence-electron chi connectivity index (χ1n) is 5.09. The summed E-state index contributed by atoms with van der Waals surface area (Å²) in [6.45, 7) is 1.96. The number of nitrogens with two attached hydrogens (primary N) is 1. The molecule has 90 valence electrons. The summed E-state index contributed by atoms with van der Waals surface area (Å²) in [5.74, 6) is 1.39. The predicted molar refractivity (Wildman–Crippen MR) is 66.7 cm³/mol. The van der Waals surface area contributed by atoms with E-state index in [1.807, 2.05) is 18.5 Å². The second-order valence-electron chi connectivity index (χ2n) is 3.77. The minimum absolute atomic E-state index is 0.0453. The molecule has 1 atom stereocenters. The fourth-order valence-electron chi connectivity index (χ4n) is 1.51. The highest BCUT2D eigenvalue weighted by Crippen LogP contribution is 2.24. The summed E-state index contributed by atoms with van der Waals surface area (Å²) in [6, 6.07) is 1.61. The van der Waals surface area contributed by atoms with E-state index in [2.05, 4.69) is 20.5 Å². The summed E-state index contributed by atoms with van der Waals surface area (Å²) >= 11 is 6.03. The van der Waals surface area contributed by atoms with Crippen molar-refractivity contribution in [2.24, 2.45) is 7.05 Å². The quantitative estimate of drug-likeness (QED) is 0.868. The Morgan fingerprint density at radius 3 is 2.88 bits per heavy atom. The predicted octanol–water partition coefficient (Wildman–Crippen LogP) is 1.62. The molecule has 0 amide bonds. The van der Waals surface area contributed by atoms with Crippen LogP contribution in [0.15, 0.2) is 18.6 Å². The topological polar surface area (TPSA) is 81.7 Å². The molecule has 2 rings (SSSR count). The maximum absolute atomic E-state index is 6.03. The van der Waals surface area contributed by atoms with Gasteiger partial charge in [0.05, 0.1) is 22.9 Å². The summed E-state index contributed by atoms with van der Waals surface area (Å²) < 4.78 is 1.84. The molecule has 0 aromatic carbocycles. The molecule has 0 radical (unpaired) electrons. The van der Waals surface area contributed by atoms with Crippen molar-refractivity contribution in [1.29, 1.82) is 0 Å². The molecule has 0 fully saturated rings. The third-order valence-corrected chi connectivity index (χ3v) is 2.64. The Morgan fingerprint density at radius 1 is 1.53 bits per heavy atom. The van der Waals surface area contributed by atoms with Crippen LogP contribution in [0.4, 0.5) is 11.5 Å². The molecule has 0 saturated carbocycles. The highest BCUT2D eigenvalue weighted by Gasteiger charge is 2.13. The first-order chi connectivity index (χ1) is 8.08. The van der Waals surface area contributed by atoms with E-state index in [1.165, 1.54) is 0 Å². The van der Waals surface area contributed by atoms with E-state index < -0.39 is 0 Å². The van der Waals surface area contributed by atoms with Crippen LogP contribution < -0.4 is 11.1 Å². The van der Waals surface area contributed by atoms with E-state index in [9.17, 15) is 0 Å². The highest BCUT2D eigenvalue weighted by molar-refractivity contribution is 6.33. The van der Waals surface area contributed by atoms with Crippen LogP contribution >= 0.6 is 11.6 Å². The van der Waals surface area contributed by atoms with Gasteiger partial charge in [-0.05, 0) is 13.0 Å². The van der Waals surface area contributed by atoms with E-state index in [1.54, 1.807) is 18.6 Å². The van der Waals surface area contributed by atoms with E-state index in [0.717, 1.165) is 5.82 Å². The van der Waals surface area contributed by atoms with Gasteiger partial charge in [0, 0.05) is 7.05 Å². The number of aryl methyl sites for hydroxylation is 1. The summed E-state index contributed by atoms with van der Waals surface area (Å²) in [5, 5.41) is 11.5. The standard InChI is InChI=1S/C10H13ClN6/c1-6(10-16-14-5-17(10)2)15-9-8(11)3-7(12)4-13-9/h3-6H,12H2,1-2H3,(H,13,15). The number of nitrogen functional groups attached to an aromatic ring is 1. The van der Waals surface area contributed by atoms with Crippen LogP contribution in [-0.4, -0.2) is 19.7 Å². The second kappa shape index (κ2) is 4.58. The van der Waals surface area contributed by atoms with Gasteiger partial charge in [0.1, 0.15) is 12.1 Å². The van der Waals surface area contributed by atoms with Crippen molar-refractivity contribution in [3.63, 3.8) is 0 Å². The van der Waals surface area contributed by atoms with Gasteiger partial charge in [-0.3, -0.25) is 0 Å². The third-order valence-electron chi connectivity index (χ3n) is 2.35. The summed E-state index contributed by atoms with van der Waals surface area (Å²) in [5.41, 5.74) is 6.11. The molecule has 3 N–H and O–H groups in total. The molecule has 7 heteroatoms. The first-order valence-corrected chi connectivity index (χ1v) is 5.47. The smallest absolute Gasteiger partial charge is 0.154 e. The zero-order valence-corrected chi connectivity index (χ0v) is 10.3. The third kappa shape index (κ3) is 2.47. The van der Waals surface area contributed by atoms with Crippen molar-refractivity contribution in [1.82, 2.24) is 19.7 Å². The Bertz CT molecular complexity index is 523. The molecular formula is C10H13ClN6. The van der Waals surface area contributed by atoms with Crippen molar-refractivity contribution in [2.45, 2.75) is 13.0 Å². The van der Waals surface area contributed by atoms with Gasteiger partial charge in [0.25, 0.3) is 0 Å². The van der Waals surface area contributed by atoms with E-state index >= 15 is 0 Å². The SMILES string of the molecule is CC(Nc1ncc(N)cc1Cl)c1nncn1C. The summed E-state index contributed by atoms with van der Waals surface area (Å²) in [4.78, 5) is 4.13. The maximum Gasteiger partial charge on any atom is 0.154 e. The van der Waals surface area contributed by atoms with Crippen LogP contribution in [0, 0.1) is 0 Å². The molecule has 6 nitrogen and oxygen atoms in total. The normalized spacial score (nSPS) is 12.4. The van der Waals surface area contributed by atoms with Gasteiger partial charge in [-0.15, -0.1) is 10.2 Å².